The standard InChI is InChI=1S/C30H34N4O5/c35-25-11-10-18-17-34-13-12-21-20-8-4-5-9-23(20)33-29(21)24(34)14-22(18)28(25)30(38)32-15-26(36)31-16-27(37)39-19-6-2-1-3-7-19/h1-9,18,22,24-25,28,33,35H,10-17H2,(H,31,36)(H,32,38)/t18-,22-,24-,25-,28?/m0/s1. The number of aliphatic hydroxyl groups excluding tert-OH is 1. The van der Waals surface area contributed by atoms with E-state index in [1.165, 1.54) is 16.6 Å². The van der Waals surface area contributed by atoms with Crippen LogP contribution < -0.4 is 15.4 Å². The lowest BCUT2D eigenvalue weighted by atomic mass is 9.64. The number of para-hydroxylation sites is 2. The Balaban J connectivity index is 1.08. The highest BCUT2D eigenvalue weighted by Gasteiger charge is 2.49. The van der Waals surface area contributed by atoms with E-state index in [4.69, 9.17) is 4.74 Å². The largest absolute Gasteiger partial charge is 0.425 e. The number of nitrogens with one attached hydrogen (secondary N) is 3. The Morgan fingerprint density at radius 1 is 1.00 bits per heavy atom. The van der Waals surface area contributed by atoms with E-state index in [2.05, 4.69) is 38.7 Å². The van der Waals surface area contributed by atoms with Crippen LogP contribution in [-0.2, 0) is 20.8 Å². The van der Waals surface area contributed by atoms with Crippen LogP contribution in [0.4, 0.5) is 0 Å². The fourth-order valence-corrected chi connectivity index (χ4v) is 6.88. The number of H-pyrrole nitrogens is 1. The fraction of sp³-hybridized carbons (Fsp3) is 0.433. The van der Waals surface area contributed by atoms with Crippen molar-refractivity contribution in [2.24, 2.45) is 17.8 Å². The molecule has 3 aliphatic rings. The Hall–Kier alpha value is -3.69. The number of aromatic amines is 1. The predicted molar refractivity (Wildman–Crippen MR) is 145 cm³/mol. The molecule has 3 heterocycles. The Labute approximate surface area is 226 Å². The van der Waals surface area contributed by atoms with Crippen LogP contribution >= 0.6 is 0 Å². The van der Waals surface area contributed by atoms with Gasteiger partial charge in [-0.1, -0.05) is 36.4 Å². The van der Waals surface area contributed by atoms with Crippen molar-refractivity contribution >= 4 is 28.7 Å². The second-order valence-electron chi connectivity index (χ2n) is 10.9. The van der Waals surface area contributed by atoms with Crippen molar-refractivity contribution in [3.63, 3.8) is 0 Å². The van der Waals surface area contributed by atoms with E-state index in [-0.39, 0.29) is 31.0 Å². The van der Waals surface area contributed by atoms with Crippen molar-refractivity contribution < 1.29 is 24.2 Å². The molecule has 5 atom stereocenters. The zero-order valence-electron chi connectivity index (χ0n) is 21.8. The van der Waals surface area contributed by atoms with Crippen molar-refractivity contribution in [3.05, 3.63) is 65.9 Å². The van der Waals surface area contributed by atoms with Crippen molar-refractivity contribution in [2.45, 2.75) is 37.8 Å². The maximum absolute atomic E-state index is 13.3. The third-order valence-corrected chi connectivity index (χ3v) is 8.68. The molecule has 0 spiro atoms. The average molecular weight is 531 g/mol. The summed E-state index contributed by atoms with van der Waals surface area (Å²) >= 11 is 0. The minimum atomic E-state index is -0.743. The third kappa shape index (κ3) is 5.16. The highest BCUT2D eigenvalue weighted by molar-refractivity contribution is 5.88. The Morgan fingerprint density at radius 2 is 1.79 bits per heavy atom. The van der Waals surface area contributed by atoms with Crippen LogP contribution in [0.15, 0.2) is 54.6 Å². The van der Waals surface area contributed by atoms with Crippen LogP contribution in [0.2, 0.25) is 0 Å². The van der Waals surface area contributed by atoms with Gasteiger partial charge in [0.25, 0.3) is 0 Å². The molecule has 2 amide bonds. The summed E-state index contributed by atoms with van der Waals surface area (Å²) in [6.45, 7) is 1.34. The van der Waals surface area contributed by atoms with Gasteiger partial charge in [0.05, 0.1) is 24.6 Å². The summed E-state index contributed by atoms with van der Waals surface area (Å²) in [4.78, 5) is 43.9. The molecular weight excluding hydrogens is 496 g/mol. The first-order chi connectivity index (χ1) is 19.0. The molecule has 9 nitrogen and oxygen atoms in total. The molecule has 4 N–H and O–H groups in total. The molecule has 39 heavy (non-hydrogen) atoms. The first kappa shape index (κ1) is 25.6. The molecular formula is C30H34N4O5. The molecule has 1 saturated heterocycles. The molecule has 1 saturated carbocycles. The molecule has 0 bridgehead atoms. The Morgan fingerprint density at radius 3 is 2.64 bits per heavy atom. The topological polar surface area (TPSA) is 124 Å². The van der Waals surface area contributed by atoms with Crippen molar-refractivity contribution in [3.8, 4) is 5.75 Å². The quantitative estimate of drug-likeness (QED) is 0.287. The normalized spacial score (nSPS) is 26.1. The molecule has 2 aliphatic heterocycles. The maximum Gasteiger partial charge on any atom is 0.330 e. The first-order valence-corrected chi connectivity index (χ1v) is 13.8. The number of piperidine rings is 1. The number of hydrogen-bond donors (Lipinski definition) is 4. The summed E-state index contributed by atoms with van der Waals surface area (Å²) in [6, 6.07) is 17.2. The number of ether oxygens (including phenoxy) is 1. The highest BCUT2D eigenvalue weighted by Crippen LogP contribution is 2.49. The summed E-state index contributed by atoms with van der Waals surface area (Å²) in [5, 5.41) is 17.4. The van der Waals surface area contributed by atoms with Gasteiger partial charge >= 0.3 is 5.97 Å². The van der Waals surface area contributed by atoms with Crippen LogP contribution in [0, 0.1) is 17.8 Å². The number of hydrogen-bond acceptors (Lipinski definition) is 6. The van der Waals surface area contributed by atoms with Crippen LogP contribution in [0.25, 0.3) is 10.9 Å². The van der Waals surface area contributed by atoms with E-state index in [9.17, 15) is 19.5 Å². The number of nitrogens with zero attached hydrogens (tertiary/aromatic N) is 1. The van der Waals surface area contributed by atoms with Gasteiger partial charge in [-0.3, -0.25) is 14.5 Å². The van der Waals surface area contributed by atoms with E-state index < -0.39 is 23.9 Å². The van der Waals surface area contributed by atoms with Gasteiger partial charge in [0.15, 0.2) is 0 Å². The number of carbonyl (C=O) groups is 3. The first-order valence-electron chi connectivity index (χ1n) is 13.8. The number of rotatable bonds is 6. The lowest BCUT2D eigenvalue weighted by Crippen LogP contribution is -2.55. The van der Waals surface area contributed by atoms with Crippen molar-refractivity contribution in [2.75, 3.05) is 26.2 Å². The molecule has 3 aromatic rings. The fourth-order valence-electron chi connectivity index (χ4n) is 6.88. The zero-order chi connectivity index (χ0) is 26.9. The van der Waals surface area contributed by atoms with Crippen LogP contribution in [0.5, 0.6) is 5.75 Å². The van der Waals surface area contributed by atoms with E-state index in [1.54, 1.807) is 24.3 Å². The van der Waals surface area contributed by atoms with Gasteiger partial charge in [0.1, 0.15) is 12.3 Å². The molecule has 204 valence electrons. The maximum atomic E-state index is 13.3. The van der Waals surface area contributed by atoms with Crippen LogP contribution in [0.3, 0.4) is 0 Å². The summed E-state index contributed by atoms with van der Waals surface area (Å²) in [7, 11) is 0. The molecule has 9 heteroatoms. The van der Waals surface area contributed by atoms with E-state index in [0.717, 1.165) is 37.9 Å². The lowest BCUT2D eigenvalue weighted by Gasteiger charge is -2.51. The van der Waals surface area contributed by atoms with E-state index >= 15 is 0 Å². The van der Waals surface area contributed by atoms with Gasteiger partial charge in [-0.2, -0.15) is 0 Å². The number of aliphatic hydroxyl groups is 1. The number of carbonyl (C=O) groups excluding carboxylic acids is 3. The summed E-state index contributed by atoms with van der Waals surface area (Å²) < 4.78 is 5.17. The summed E-state index contributed by atoms with van der Waals surface area (Å²) in [6.07, 6.45) is 2.52. The average Bonchev–Trinajstić information content (AvgIpc) is 3.33. The SMILES string of the molecule is O=C(CNC(=O)C1[C@H]2C[C@H]3c4[nH]c5ccccc5c4CCN3C[C@@H]2CC[C@@H]1O)NCC(=O)Oc1ccccc1. The molecule has 6 rings (SSSR count). The van der Waals surface area contributed by atoms with Gasteiger partial charge in [-0.05, 0) is 61.3 Å². The number of esters is 1. The minimum absolute atomic E-state index is 0.0243. The van der Waals surface area contributed by atoms with Crippen LogP contribution in [0.1, 0.15) is 36.6 Å². The van der Waals surface area contributed by atoms with E-state index in [0.29, 0.717) is 18.1 Å². The van der Waals surface area contributed by atoms with Crippen molar-refractivity contribution in [1.82, 2.24) is 20.5 Å². The zero-order valence-corrected chi connectivity index (χ0v) is 21.8. The van der Waals surface area contributed by atoms with Gasteiger partial charge in [-0.15, -0.1) is 0 Å². The number of benzene rings is 2. The van der Waals surface area contributed by atoms with Gasteiger partial charge in [-0.25, -0.2) is 4.79 Å². The van der Waals surface area contributed by atoms with Gasteiger partial charge in [0.2, 0.25) is 11.8 Å². The lowest BCUT2D eigenvalue weighted by molar-refractivity contribution is -0.140. The summed E-state index contributed by atoms with van der Waals surface area (Å²) in [5.74, 6) is -1.21. The second-order valence-corrected chi connectivity index (χ2v) is 10.9. The minimum Gasteiger partial charge on any atom is -0.425 e. The molecule has 2 fully saturated rings. The molecule has 0 radical (unpaired) electrons. The molecule has 1 aliphatic carbocycles. The highest BCUT2D eigenvalue weighted by atomic mass is 16.5. The van der Waals surface area contributed by atoms with E-state index in [1.807, 2.05) is 12.1 Å². The molecule has 1 aromatic heterocycles. The third-order valence-electron chi connectivity index (χ3n) is 8.68. The number of amides is 2. The van der Waals surface area contributed by atoms with Gasteiger partial charge < -0.3 is 25.5 Å². The number of fused-ring (bicyclic) bond motifs is 6. The van der Waals surface area contributed by atoms with Crippen molar-refractivity contribution in [1.29, 1.82) is 0 Å². The Kier molecular flexibility index (Phi) is 7.10. The van der Waals surface area contributed by atoms with Gasteiger partial charge in [0, 0.05) is 29.7 Å². The summed E-state index contributed by atoms with van der Waals surface area (Å²) in [5.41, 5.74) is 3.75. The monoisotopic (exact) mass is 530 g/mol. The predicted octanol–water partition coefficient (Wildman–Crippen LogP) is 2.31. The Bertz CT molecular complexity index is 1370. The molecule has 1 unspecified atom stereocenters. The smallest absolute Gasteiger partial charge is 0.330 e. The van der Waals surface area contributed by atoms with Crippen LogP contribution in [-0.4, -0.2) is 65.1 Å². The molecule has 2 aromatic carbocycles. The second kappa shape index (κ2) is 10.8. The number of aromatic nitrogens is 1.